The summed E-state index contributed by atoms with van der Waals surface area (Å²) in [5.41, 5.74) is 0. The average molecular weight is 1350 g/mol. The molecule has 2 atom stereocenters. The van der Waals surface area contributed by atoms with E-state index in [1.165, 1.54) is 353 Å². The number of phosphoric ester groups is 1. The van der Waals surface area contributed by atoms with E-state index < -0.39 is 26.5 Å². The van der Waals surface area contributed by atoms with Crippen LogP contribution in [0, 0.1) is 0 Å². The van der Waals surface area contributed by atoms with Gasteiger partial charge in [-0.2, -0.15) is 0 Å². The maximum Gasteiger partial charge on any atom is 0.306 e. The fourth-order valence-corrected chi connectivity index (χ4v) is 13.5. The highest BCUT2D eigenvalue weighted by molar-refractivity contribution is 7.45. The van der Waals surface area contributed by atoms with E-state index in [0.717, 1.165) is 51.4 Å². The second kappa shape index (κ2) is 75.4. The Morgan fingerprint density at radius 2 is 0.574 bits per heavy atom. The highest BCUT2D eigenvalue weighted by atomic mass is 31.2. The summed E-state index contributed by atoms with van der Waals surface area (Å²) < 4.78 is 34.4. The van der Waals surface area contributed by atoms with Crippen molar-refractivity contribution >= 4 is 19.8 Å². The van der Waals surface area contributed by atoms with Gasteiger partial charge in [-0.3, -0.25) is 14.2 Å². The summed E-state index contributed by atoms with van der Waals surface area (Å²) in [5.74, 6) is -0.810. The number of carbonyl (C=O) groups is 2. The smallest absolute Gasteiger partial charge is 0.306 e. The normalized spacial score (nSPS) is 13.1. The molecule has 0 aliphatic carbocycles. The summed E-state index contributed by atoms with van der Waals surface area (Å²) in [6.07, 6.45) is 98.7. The van der Waals surface area contributed by atoms with Crippen LogP contribution < -0.4 is 4.89 Å². The highest BCUT2D eigenvalue weighted by Crippen LogP contribution is 2.38. The molecule has 94 heavy (non-hydrogen) atoms. The molecular formula is C84H162NO8P. The number of rotatable bonds is 79. The number of hydrogen-bond donors (Lipinski definition) is 0. The van der Waals surface area contributed by atoms with Crippen LogP contribution in [0.2, 0.25) is 0 Å². The van der Waals surface area contributed by atoms with E-state index >= 15 is 0 Å². The molecule has 0 saturated carbocycles. The third kappa shape index (κ3) is 79.2. The summed E-state index contributed by atoms with van der Waals surface area (Å²) in [5, 5.41) is 0. The third-order valence-corrected chi connectivity index (χ3v) is 20.1. The lowest BCUT2D eigenvalue weighted by molar-refractivity contribution is -0.870. The summed E-state index contributed by atoms with van der Waals surface area (Å²) in [6, 6.07) is 0. The van der Waals surface area contributed by atoms with Gasteiger partial charge in [0, 0.05) is 12.8 Å². The average Bonchev–Trinajstić information content (AvgIpc) is 1.65. The SMILES string of the molecule is CCCCCCC/C=C\C/C=C\C/C=C\CCCCCCCCCCCCCCCCC(=O)OC(COC(=O)CCCCCCCCCCCCCCCCCCCCCCCCCCCCCCCCCCCCCCCCCCC)COP(=O)([O-])OCC[N+](C)(C)C. The number of hydrogen-bond acceptors (Lipinski definition) is 8. The number of likely N-dealkylation sites (N-methyl/N-ethyl adjacent to an activating group) is 1. The van der Waals surface area contributed by atoms with E-state index in [9.17, 15) is 19.0 Å². The zero-order chi connectivity index (χ0) is 68.3. The second-order valence-electron chi connectivity index (χ2n) is 29.9. The fourth-order valence-electron chi connectivity index (χ4n) is 12.8. The van der Waals surface area contributed by atoms with Crippen LogP contribution in [0.25, 0.3) is 0 Å². The van der Waals surface area contributed by atoms with E-state index in [2.05, 4.69) is 50.3 Å². The van der Waals surface area contributed by atoms with Gasteiger partial charge in [-0.25, -0.2) is 0 Å². The Kier molecular flexibility index (Phi) is 74.0. The van der Waals surface area contributed by atoms with E-state index in [1.807, 2.05) is 21.1 Å². The predicted molar refractivity (Wildman–Crippen MR) is 407 cm³/mol. The van der Waals surface area contributed by atoms with Crippen LogP contribution in [0.4, 0.5) is 0 Å². The van der Waals surface area contributed by atoms with Crippen LogP contribution in [0.5, 0.6) is 0 Å². The van der Waals surface area contributed by atoms with Gasteiger partial charge in [0.1, 0.15) is 19.8 Å². The summed E-state index contributed by atoms with van der Waals surface area (Å²) in [6.45, 7) is 4.31. The lowest BCUT2D eigenvalue weighted by atomic mass is 10.0. The lowest BCUT2D eigenvalue weighted by Crippen LogP contribution is -2.37. The number of carbonyl (C=O) groups excluding carboxylic acids is 2. The van der Waals surface area contributed by atoms with Crippen molar-refractivity contribution in [3.8, 4) is 0 Å². The molecule has 0 rings (SSSR count). The number of esters is 2. The maximum absolute atomic E-state index is 12.9. The van der Waals surface area contributed by atoms with Crippen LogP contribution in [0.15, 0.2) is 36.5 Å². The number of ether oxygens (including phenoxy) is 2. The standard InChI is InChI=1S/C84H162NO8P/c1-6-8-10-12-14-16-18-20-22-24-26-28-30-32-34-36-37-38-39-40-41-42-43-44-45-46-47-49-50-52-54-56-58-60-62-64-66-68-70-72-74-76-83(86)90-80-82(81-92-94(88,89)91-79-78-85(3,4)5)93-84(87)77-75-73-71-69-67-65-63-61-59-57-55-53-51-48-35-33-31-29-27-25-23-21-19-17-15-13-11-9-7-2/h19,21,25,27,31,33,82H,6-18,20,22-24,26,28-30,32,34-81H2,1-5H3/b21-19-,27-25-,33-31-. The molecule has 0 fully saturated rings. The van der Waals surface area contributed by atoms with Gasteiger partial charge in [0.15, 0.2) is 6.10 Å². The molecule has 0 bridgehead atoms. The minimum absolute atomic E-state index is 0.0284. The molecule has 0 N–H and O–H groups in total. The Morgan fingerprint density at radius 3 is 0.851 bits per heavy atom. The van der Waals surface area contributed by atoms with Gasteiger partial charge in [-0.15, -0.1) is 0 Å². The second-order valence-corrected chi connectivity index (χ2v) is 31.3. The van der Waals surface area contributed by atoms with Crippen LogP contribution in [-0.2, 0) is 32.7 Å². The molecule has 0 saturated heterocycles. The first-order valence-electron chi connectivity index (χ1n) is 41.7. The van der Waals surface area contributed by atoms with Crippen molar-refractivity contribution < 1.29 is 42.1 Å². The Hall–Kier alpha value is -1.77. The van der Waals surface area contributed by atoms with Crippen molar-refractivity contribution in [1.29, 1.82) is 0 Å². The Labute approximate surface area is 586 Å². The number of quaternary nitrogens is 1. The topological polar surface area (TPSA) is 111 Å². The van der Waals surface area contributed by atoms with Crippen molar-refractivity contribution in [2.45, 2.75) is 444 Å². The minimum atomic E-state index is -4.64. The van der Waals surface area contributed by atoms with Gasteiger partial charge >= 0.3 is 11.9 Å². The highest BCUT2D eigenvalue weighted by Gasteiger charge is 2.22. The fraction of sp³-hybridized carbons (Fsp3) is 0.905. The van der Waals surface area contributed by atoms with Crippen molar-refractivity contribution in [3.05, 3.63) is 36.5 Å². The summed E-state index contributed by atoms with van der Waals surface area (Å²) in [7, 11) is 1.19. The number of nitrogens with zero attached hydrogens (tertiary/aromatic N) is 1. The van der Waals surface area contributed by atoms with Crippen LogP contribution in [0.3, 0.4) is 0 Å². The molecule has 2 unspecified atom stereocenters. The Balaban J connectivity index is 3.86. The van der Waals surface area contributed by atoms with Gasteiger partial charge in [-0.05, 0) is 51.4 Å². The van der Waals surface area contributed by atoms with E-state index in [0.29, 0.717) is 17.4 Å². The molecule has 0 radical (unpaired) electrons. The zero-order valence-corrected chi connectivity index (χ0v) is 64.6. The molecule has 0 aliphatic rings. The van der Waals surface area contributed by atoms with E-state index in [-0.39, 0.29) is 32.0 Å². The molecule has 0 heterocycles. The van der Waals surface area contributed by atoms with Crippen molar-refractivity contribution in [1.82, 2.24) is 0 Å². The Bertz CT molecular complexity index is 1680. The van der Waals surface area contributed by atoms with Gasteiger partial charge in [0.2, 0.25) is 0 Å². The molecule has 0 spiro atoms. The van der Waals surface area contributed by atoms with Crippen LogP contribution in [0.1, 0.15) is 438 Å². The summed E-state index contributed by atoms with van der Waals surface area (Å²) in [4.78, 5) is 38.2. The van der Waals surface area contributed by atoms with Gasteiger partial charge in [-0.1, -0.05) is 410 Å². The molecule has 9 nitrogen and oxygen atoms in total. The van der Waals surface area contributed by atoms with Gasteiger partial charge in [0.25, 0.3) is 7.82 Å². The van der Waals surface area contributed by atoms with Gasteiger partial charge < -0.3 is 27.9 Å². The molecule has 0 amide bonds. The molecular weight excluding hydrogens is 1180 g/mol. The van der Waals surface area contributed by atoms with E-state index in [1.54, 1.807) is 0 Å². The molecule has 10 heteroatoms. The first-order chi connectivity index (χ1) is 46.0. The van der Waals surface area contributed by atoms with Crippen LogP contribution >= 0.6 is 7.82 Å². The lowest BCUT2D eigenvalue weighted by Gasteiger charge is -2.28. The predicted octanol–water partition coefficient (Wildman–Crippen LogP) is 27.1. The monoisotopic (exact) mass is 1340 g/mol. The molecule has 0 aliphatic heterocycles. The first kappa shape index (κ1) is 92.2. The number of allylic oxidation sites excluding steroid dienone is 6. The zero-order valence-electron chi connectivity index (χ0n) is 63.7. The van der Waals surface area contributed by atoms with Crippen molar-refractivity contribution in [2.24, 2.45) is 0 Å². The quantitative estimate of drug-likeness (QED) is 0.0195. The molecule has 0 aromatic carbocycles. The number of phosphoric acid groups is 1. The first-order valence-corrected chi connectivity index (χ1v) is 43.2. The van der Waals surface area contributed by atoms with Crippen molar-refractivity contribution in [3.63, 3.8) is 0 Å². The van der Waals surface area contributed by atoms with E-state index in [4.69, 9.17) is 18.5 Å². The van der Waals surface area contributed by atoms with Crippen LogP contribution in [-0.4, -0.2) is 70.0 Å². The largest absolute Gasteiger partial charge is 0.756 e. The third-order valence-electron chi connectivity index (χ3n) is 19.2. The van der Waals surface area contributed by atoms with Crippen molar-refractivity contribution in [2.75, 3.05) is 47.5 Å². The minimum Gasteiger partial charge on any atom is -0.756 e. The summed E-state index contributed by atoms with van der Waals surface area (Å²) >= 11 is 0. The number of unbranched alkanes of at least 4 members (excludes halogenated alkanes) is 59. The molecule has 556 valence electrons. The van der Waals surface area contributed by atoms with Gasteiger partial charge in [0.05, 0.1) is 27.7 Å². The molecule has 0 aromatic rings. The molecule has 0 aromatic heterocycles. The maximum atomic E-state index is 12.9. The Morgan fingerprint density at radius 1 is 0.330 bits per heavy atom.